The van der Waals surface area contributed by atoms with Crippen molar-refractivity contribution in [1.82, 2.24) is 5.32 Å². The molecular weight excluding hydrogens is 380 g/mol. The van der Waals surface area contributed by atoms with E-state index in [0.29, 0.717) is 17.6 Å². The van der Waals surface area contributed by atoms with Gasteiger partial charge in [-0.3, -0.25) is 4.79 Å². The first-order valence-electron chi connectivity index (χ1n) is 10.4. The summed E-state index contributed by atoms with van der Waals surface area (Å²) >= 11 is 5.46. The number of thiocarbonyl (C=S) groups is 1. The van der Waals surface area contributed by atoms with E-state index in [9.17, 15) is 4.79 Å². The van der Waals surface area contributed by atoms with E-state index in [2.05, 4.69) is 46.7 Å². The van der Waals surface area contributed by atoms with Crippen LogP contribution < -0.4 is 20.4 Å². The summed E-state index contributed by atoms with van der Waals surface area (Å²) in [6.45, 7) is 4.92. The summed E-state index contributed by atoms with van der Waals surface area (Å²) in [4.78, 5) is 16.3. The second-order valence-electron chi connectivity index (χ2n) is 7.81. The van der Waals surface area contributed by atoms with Gasteiger partial charge in [0.1, 0.15) is 0 Å². The van der Waals surface area contributed by atoms with Crippen LogP contribution in [0.25, 0.3) is 0 Å². The third-order valence-electron chi connectivity index (χ3n) is 5.70. The van der Waals surface area contributed by atoms with Gasteiger partial charge in [0.25, 0.3) is 0 Å². The number of para-hydroxylation sites is 1. The molecule has 0 aromatic heterocycles. The molecule has 2 aromatic carbocycles. The van der Waals surface area contributed by atoms with Gasteiger partial charge in [-0.25, -0.2) is 0 Å². The van der Waals surface area contributed by atoms with Gasteiger partial charge in [0, 0.05) is 49.2 Å². The van der Waals surface area contributed by atoms with Gasteiger partial charge in [-0.2, -0.15) is 0 Å². The normalized spacial score (nSPS) is 18.1. The molecule has 1 atom stereocenters. The Morgan fingerprint density at radius 3 is 2.90 bits per heavy atom. The highest BCUT2D eigenvalue weighted by molar-refractivity contribution is 7.80. The quantitative estimate of drug-likeness (QED) is 0.560. The van der Waals surface area contributed by atoms with Crippen LogP contribution in [-0.2, 0) is 11.2 Å². The summed E-state index contributed by atoms with van der Waals surface area (Å²) in [5, 5.41) is 7.16. The number of carbonyl (C=O) groups excluding carboxylic acids is 1. The van der Waals surface area contributed by atoms with E-state index in [0.717, 1.165) is 50.3 Å². The minimum Gasteiger partial charge on any atom is -0.368 e. The average Bonchev–Trinajstić information content (AvgIpc) is 3.28. The van der Waals surface area contributed by atoms with Crippen molar-refractivity contribution < 1.29 is 4.79 Å². The predicted octanol–water partition coefficient (Wildman–Crippen LogP) is 3.94. The molecule has 0 radical (unpaired) electrons. The summed E-state index contributed by atoms with van der Waals surface area (Å²) in [6, 6.07) is 17.1. The van der Waals surface area contributed by atoms with Gasteiger partial charge in [-0.1, -0.05) is 24.3 Å². The fraction of sp³-hybridized carbons (Fsp3) is 0.391. The van der Waals surface area contributed by atoms with Crippen LogP contribution in [0.4, 0.5) is 17.1 Å². The number of nitrogens with one attached hydrogen (secondary N) is 2. The predicted molar refractivity (Wildman–Crippen MR) is 124 cm³/mol. The fourth-order valence-corrected chi connectivity index (χ4v) is 4.49. The molecule has 1 saturated heterocycles. The second kappa shape index (κ2) is 8.82. The molecule has 0 bridgehead atoms. The SMILES string of the molecule is C[C@@H]1Cc2ccccc2N1CCCNC(=S)Nc1cccc(N2CCCC2=O)c1. The molecule has 2 aromatic rings. The Labute approximate surface area is 178 Å². The van der Waals surface area contributed by atoms with Crippen molar-refractivity contribution in [3.05, 3.63) is 54.1 Å². The maximum atomic E-state index is 12.0. The zero-order valence-electron chi connectivity index (χ0n) is 16.9. The largest absolute Gasteiger partial charge is 0.368 e. The summed E-state index contributed by atoms with van der Waals surface area (Å²) in [6.07, 6.45) is 3.70. The van der Waals surface area contributed by atoms with Crippen LogP contribution in [0.5, 0.6) is 0 Å². The highest BCUT2D eigenvalue weighted by Crippen LogP contribution is 2.31. The first kappa shape index (κ1) is 19.7. The lowest BCUT2D eigenvalue weighted by Crippen LogP contribution is -2.34. The van der Waals surface area contributed by atoms with Crippen LogP contribution in [0.15, 0.2) is 48.5 Å². The Kier molecular flexibility index (Phi) is 6.00. The number of anilines is 3. The molecule has 2 N–H and O–H groups in total. The molecule has 2 heterocycles. The number of benzene rings is 2. The maximum absolute atomic E-state index is 12.0. The Balaban J connectivity index is 1.24. The van der Waals surface area contributed by atoms with E-state index < -0.39 is 0 Å². The number of fused-ring (bicyclic) bond motifs is 1. The average molecular weight is 409 g/mol. The smallest absolute Gasteiger partial charge is 0.227 e. The summed E-state index contributed by atoms with van der Waals surface area (Å²) < 4.78 is 0. The number of carbonyl (C=O) groups is 1. The van der Waals surface area contributed by atoms with Gasteiger partial charge in [-0.05, 0) is 68.2 Å². The topological polar surface area (TPSA) is 47.6 Å². The van der Waals surface area contributed by atoms with E-state index >= 15 is 0 Å². The molecule has 0 spiro atoms. The highest BCUT2D eigenvalue weighted by Gasteiger charge is 2.24. The van der Waals surface area contributed by atoms with E-state index in [1.54, 1.807) is 0 Å². The third-order valence-corrected chi connectivity index (χ3v) is 5.95. The molecule has 1 amide bonds. The lowest BCUT2D eigenvalue weighted by molar-refractivity contribution is -0.117. The summed E-state index contributed by atoms with van der Waals surface area (Å²) in [5.74, 6) is 0.195. The molecule has 29 heavy (non-hydrogen) atoms. The highest BCUT2D eigenvalue weighted by atomic mass is 32.1. The summed E-state index contributed by atoms with van der Waals surface area (Å²) in [7, 11) is 0. The van der Waals surface area contributed by atoms with Crippen LogP contribution in [-0.4, -0.2) is 36.7 Å². The first-order valence-corrected chi connectivity index (χ1v) is 10.8. The van der Waals surface area contributed by atoms with E-state index in [1.165, 1.54) is 11.3 Å². The Morgan fingerprint density at radius 2 is 2.07 bits per heavy atom. The van der Waals surface area contributed by atoms with Crippen LogP contribution in [0.1, 0.15) is 31.7 Å². The number of amides is 1. The van der Waals surface area contributed by atoms with E-state index in [-0.39, 0.29) is 5.91 Å². The van der Waals surface area contributed by atoms with Crippen molar-refractivity contribution in [2.45, 2.75) is 38.6 Å². The Morgan fingerprint density at radius 1 is 1.21 bits per heavy atom. The van der Waals surface area contributed by atoms with Gasteiger partial charge in [-0.15, -0.1) is 0 Å². The van der Waals surface area contributed by atoms with Crippen molar-refractivity contribution in [1.29, 1.82) is 0 Å². The molecule has 0 saturated carbocycles. The van der Waals surface area contributed by atoms with Crippen LogP contribution in [0, 0.1) is 0 Å². The molecule has 1 fully saturated rings. The summed E-state index contributed by atoms with van der Waals surface area (Å²) in [5.41, 5.74) is 4.65. The monoisotopic (exact) mass is 408 g/mol. The van der Waals surface area contributed by atoms with Crippen molar-refractivity contribution in [3.63, 3.8) is 0 Å². The Hall–Kier alpha value is -2.60. The number of hydrogen-bond acceptors (Lipinski definition) is 3. The van der Waals surface area contributed by atoms with Crippen LogP contribution in [0.3, 0.4) is 0 Å². The van der Waals surface area contributed by atoms with Crippen molar-refractivity contribution >= 4 is 40.3 Å². The van der Waals surface area contributed by atoms with E-state index in [1.807, 2.05) is 29.2 Å². The van der Waals surface area contributed by atoms with Gasteiger partial charge in [0.15, 0.2) is 5.11 Å². The molecular formula is C23H28N4OS. The van der Waals surface area contributed by atoms with Gasteiger partial charge >= 0.3 is 0 Å². The third kappa shape index (κ3) is 4.53. The molecule has 0 unspecified atom stereocenters. The van der Waals surface area contributed by atoms with Gasteiger partial charge < -0.3 is 20.4 Å². The molecule has 5 nitrogen and oxygen atoms in total. The van der Waals surface area contributed by atoms with Crippen LogP contribution >= 0.6 is 12.2 Å². The van der Waals surface area contributed by atoms with Gasteiger partial charge in [0.05, 0.1) is 0 Å². The Bertz CT molecular complexity index is 900. The van der Waals surface area contributed by atoms with E-state index in [4.69, 9.17) is 12.2 Å². The lowest BCUT2D eigenvalue weighted by Gasteiger charge is -2.25. The van der Waals surface area contributed by atoms with Crippen molar-refractivity contribution in [2.75, 3.05) is 34.8 Å². The fourth-order valence-electron chi connectivity index (χ4n) is 4.27. The number of rotatable bonds is 6. The molecule has 0 aliphatic carbocycles. The zero-order chi connectivity index (χ0) is 20.2. The minimum absolute atomic E-state index is 0.195. The number of nitrogens with zero attached hydrogens (tertiary/aromatic N) is 2. The minimum atomic E-state index is 0.195. The first-order chi connectivity index (χ1) is 14.1. The second-order valence-corrected chi connectivity index (χ2v) is 8.22. The molecule has 152 valence electrons. The molecule has 2 aliphatic heterocycles. The lowest BCUT2D eigenvalue weighted by atomic mass is 10.1. The standard InChI is InChI=1S/C23H28N4OS/c1-17-15-18-7-2-3-10-21(18)26(17)14-6-12-24-23(29)25-19-8-4-9-20(16-19)27-13-5-11-22(27)28/h2-4,7-10,16-17H,5-6,11-15H2,1H3,(H2,24,25,29)/t17-/m1/s1. The molecule has 4 rings (SSSR count). The molecule has 6 heteroatoms. The zero-order valence-corrected chi connectivity index (χ0v) is 17.7. The maximum Gasteiger partial charge on any atom is 0.227 e. The van der Waals surface area contributed by atoms with Crippen molar-refractivity contribution in [3.8, 4) is 0 Å². The number of hydrogen-bond donors (Lipinski definition) is 2. The molecule has 2 aliphatic rings. The van der Waals surface area contributed by atoms with Crippen LogP contribution in [0.2, 0.25) is 0 Å². The van der Waals surface area contributed by atoms with Crippen molar-refractivity contribution in [2.24, 2.45) is 0 Å². The van der Waals surface area contributed by atoms with Gasteiger partial charge in [0.2, 0.25) is 5.91 Å².